The first-order valence-corrected chi connectivity index (χ1v) is 6.74. The van der Waals surface area contributed by atoms with E-state index in [1.807, 2.05) is 0 Å². The fraction of sp³-hybridized carbons (Fsp3) is 0.750. The maximum Gasteiger partial charge on any atom is 0.322 e. The molecule has 1 aliphatic heterocycles. The van der Waals surface area contributed by atoms with Crippen LogP contribution in [0.3, 0.4) is 0 Å². The van der Waals surface area contributed by atoms with Gasteiger partial charge in [-0.2, -0.15) is 15.0 Å². The van der Waals surface area contributed by atoms with E-state index in [4.69, 9.17) is 10.6 Å². The third kappa shape index (κ3) is 3.67. The van der Waals surface area contributed by atoms with Crippen LogP contribution in [-0.2, 0) is 0 Å². The van der Waals surface area contributed by atoms with Crippen molar-refractivity contribution in [2.45, 2.75) is 19.8 Å². The van der Waals surface area contributed by atoms with Gasteiger partial charge < -0.3 is 15.0 Å². The molecule has 1 aromatic heterocycles. The lowest BCUT2D eigenvalue weighted by molar-refractivity contribution is 0.150. The largest absolute Gasteiger partial charge is 0.467 e. The van der Waals surface area contributed by atoms with Gasteiger partial charge in [0, 0.05) is 6.54 Å². The highest BCUT2D eigenvalue weighted by molar-refractivity contribution is 5.35. The Morgan fingerprint density at radius 3 is 2.50 bits per heavy atom. The van der Waals surface area contributed by atoms with Crippen molar-refractivity contribution in [3.8, 4) is 6.01 Å². The molecule has 0 aromatic carbocycles. The Balaban J connectivity index is 1.99. The second-order valence-electron chi connectivity index (χ2n) is 5.58. The third-order valence-electron chi connectivity index (χ3n) is 3.79. The molecule has 2 heterocycles. The number of piperidine rings is 1. The Bertz CT molecular complexity index is 423. The SMILES string of the molecule is COc1nc(NN)nc(NCC2(C)CCN(C)CC2)n1. The minimum atomic E-state index is 0.240. The van der Waals surface area contributed by atoms with Crippen molar-refractivity contribution < 1.29 is 4.74 Å². The fourth-order valence-corrected chi connectivity index (χ4v) is 2.22. The van der Waals surface area contributed by atoms with Gasteiger partial charge in [0.05, 0.1) is 7.11 Å². The van der Waals surface area contributed by atoms with Crippen molar-refractivity contribution in [2.24, 2.45) is 11.3 Å². The summed E-state index contributed by atoms with van der Waals surface area (Å²) in [6.07, 6.45) is 2.31. The van der Waals surface area contributed by atoms with Crippen LogP contribution in [0, 0.1) is 5.41 Å². The predicted molar refractivity (Wildman–Crippen MR) is 77.5 cm³/mol. The molecule has 0 radical (unpaired) electrons. The summed E-state index contributed by atoms with van der Waals surface area (Å²) in [6.45, 7) is 5.34. The van der Waals surface area contributed by atoms with E-state index in [-0.39, 0.29) is 17.4 Å². The Labute approximate surface area is 119 Å². The summed E-state index contributed by atoms with van der Waals surface area (Å²) in [5.74, 6) is 6.09. The fourth-order valence-electron chi connectivity index (χ4n) is 2.22. The highest BCUT2D eigenvalue weighted by Gasteiger charge is 2.28. The van der Waals surface area contributed by atoms with E-state index in [9.17, 15) is 0 Å². The van der Waals surface area contributed by atoms with E-state index in [1.165, 1.54) is 7.11 Å². The van der Waals surface area contributed by atoms with Crippen molar-refractivity contribution >= 4 is 11.9 Å². The Kier molecular flexibility index (Phi) is 4.56. The summed E-state index contributed by atoms with van der Waals surface area (Å²) in [5.41, 5.74) is 2.66. The molecule has 1 fully saturated rings. The molecular formula is C12H23N7O. The molecule has 0 spiro atoms. The number of nitrogens with one attached hydrogen (secondary N) is 2. The van der Waals surface area contributed by atoms with Gasteiger partial charge in [-0.3, -0.25) is 5.43 Å². The zero-order chi connectivity index (χ0) is 14.6. The number of rotatable bonds is 5. The Morgan fingerprint density at radius 2 is 1.90 bits per heavy atom. The van der Waals surface area contributed by atoms with Gasteiger partial charge in [-0.05, 0) is 38.4 Å². The molecule has 0 amide bonds. The van der Waals surface area contributed by atoms with Crippen molar-refractivity contribution in [3.05, 3.63) is 0 Å². The molecule has 2 rings (SSSR count). The molecule has 0 saturated carbocycles. The van der Waals surface area contributed by atoms with Gasteiger partial charge in [0.2, 0.25) is 11.9 Å². The quantitative estimate of drug-likeness (QED) is 0.523. The summed E-state index contributed by atoms with van der Waals surface area (Å²) < 4.78 is 5.02. The standard InChI is InChI=1S/C12H23N7O/c1-12(4-6-19(2)7-5-12)8-14-9-15-10(18-13)17-11(16-9)20-3/h4-8,13H2,1-3H3,(H2,14,15,16,17,18). The molecule has 4 N–H and O–H groups in total. The van der Waals surface area contributed by atoms with Crippen LogP contribution >= 0.6 is 0 Å². The summed E-state index contributed by atoms with van der Waals surface area (Å²) in [6, 6.07) is 0.240. The zero-order valence-electron chi connectivity index (χ0n) is 12.3. The van der Waals surface area contributed by atoms with Gasteiger partial charge in [0.1, 0.15) is 0 Å². The Hall–Kier alpha value is -1.67. The van der Waals surface area contributed by atoms with Crippen LogP contribution in [0.15, 0.2) is 0 Å². The number of hydrogen-bond acceptors (Lipinski definition) is 8. The van der Waals surface area contributed by atoms with Gasteiger partial charge in [-0.25, -0.2) is 5.84 Å². The molecule has 1 aliphatic rings. The number of likely N-dealkylation sites (tertiary alicyclic amines) is 1. The number of anilines is 2. The van der Waals surface area contributed by atoms with Crippen LogP contribution in [0.2, 0.25) is 0 Å². The second kappa shape index (κ2) is 6.19. The van der Waals surface area contributed by atoms with Gasteiger partial charge in [0.25, 0.3) is 0 Å². The first-order valence-electron chi connectivity index (χ1n) is 6.74. The lowest BCUT2D eigenvalue weighted by Gasteiger charge is -2.37. The second-order valence-corrected chi connectivity index (χ2v) is 5.58. The summed E-state index contributed by atoms with van der Waals surface area (Å²) in [4.78, 5) is 14.7. The molecule has 0 bridgehead atoms. The van der Waals surface area contributed by atoms with E-state index in [0.29, 0.717) is 5.95 Å². The van der Waals surface area contributed by atoms with Crippen LogP contribution in [0.25, 0.3) is 0 Å². The van der Waals surface area contributed by atoms with Crippen LogP contribution in [0.1, 0.15) is 19.8 Å². The highest BCUT2D eigenvalue weighted by Crippen LogP contribution is 2.30. The normalized spacial score (nSPS) is 18.6. The molecule has 8 heteroatoms. The molecule has 112 valence electrons. The molecule has 0 unspecified atom stereocenters. The number of methoxy groups -OCH3 is 1. The van der Waals surface area contributed by atoms with Crippen molar-refractivity contribution in [1.82, 2.24) is 19.9 Å². The summed E-state index contributed by atoms with van der Waals surface area (Å²) in [7, 11) is 3.67. The van der Waals surface area contributed by atoms with E-state index >= 15 is 0 Å². The molecule has 1 saturated heterocycles. The number of hydrazine groups is 1. The average Bonchev–Trinajstić information content (AvgIpc) is 2.48. The Morgan fingerprint density at radius 1 is 1.25 bits per heavy atom. The minimum absolute atomic E-state index is 0.240. The number of hydrogen-bond donors (Lipinski definition) is 3. The lowest BCUT2D eigenvalue weighted by Crippen LogP contribution is -2.40. The van der Waals surface area contributed by atoms with Crippen molar-refractivity contribution in [3.63, 3.8) is 0 Å². The molecule has 1 aromatic rings. The minimum Gasteiger partial charge on any atom is -0.467 e. The smallest absolute Gasteiger partial charge is 0.322 e. The van der Waals surface area contributed by atoms with Crippen LogP contribution in [0.5, 0.6) is 6.01 Å². The maximum atomic E-state index is 5.33. The topological polar surface area (TPSA) is 101 Å². The molecular weight excluding hydrogens is 258 g/mol. The van der Waals surface area contributed by atoms with Crippen LogP contribution in [-0.4, -0.2) is 53.6 Å². The number of nitrogens with two attached hydrogens (primary N) is 1. The summed E-state index contributed by atoms with van der Waals surface area (Å²) in [5, 5.41) is 3.26. The molecule has 0 aliphatic carbocycles. The van der Waals surface area contributed by atoms with Crippen molar-refractivity contribution in [1.29, 1.82) is 0 Å². The number of aromatic nitrogens is 3. The number of nitrogens with zero attached hydrogens (tertiary/aromatic N) is 4. The summed E-state index contributed by atoms with van der Waals surface area (Å²) >= 11 is 0. The van der Waals surface area contributed by atoms with Gasteiger partial charge in [-0.15, -0.1) is 0 Å². The predicted octanol–water partition coefficient (Wildman–Crippen LogP) is 0.310. The van der Waals surface area contributed by atoms with E-state index in [0.717, 1.165) is 32.5 Å². The molecule has 0 atom stereocenters. The number of nitrogen functional groups attached to an aromatic ring is 1. The number of ether oxygens (including phenoxy) is 1. The molecule has 20 heavy (non-hydrogen) atoms. The van der Waals surface area contributed by atoms with E-state index in [2.05, 4.69) is 44.6 Å². The van der Waals surface area contributed by atoms with E-state index in [1.54, 1.807) is 0 Å². The molecule has 8 nitrogen and oxygen atoms in total. The van der Waals surface area contributed by atoms with Gasteiger partial charge in [0.15, 0.2) is 0 Å². The van der Waals surface area contributed by atoms with Crippen LogP contribution < -0.4 is 21.3 Å². The average molecular weight is 281 g/mol. The van der Waals surface area contributed by atoms with Crippen LogP contribution in [0.4, 0.5) is 11.9 Å². The van der Waals surface area contributed by atoms with E-state index < -0.39 is 0 Å². The monoisotopic (exact) mass is 281 g/mol. The lowest BCUT2D eigenvalue weighted by atomic mass is 9.80. The first kappa shape index (κ1) is 14.7. The highest BCUT2D eigenvalue weighted by atomic mass is 16.5. The van der Waals surface area contributed by atoms with Gasteiger partial charge in [-0.1, -0.05) is 6.92 Å². The van der Waals surface area contributed by atoms with Gasteiger partial charge >= 0.3 is 6.01 Å². The first-order chi connectivity index (χ1) is 9.54. The maximum absolute atomic E-state index is 5.33. The third-order valence-corrected chi connectivity index (χ3v) is 3.79. The van der Waals surface area contributed by atoms with Crippen molar-refractivity contribution in [2.75, 3.05) is 44.5 Å². The zero-order valence-corrected chi connectivity index (χ0v) is 12.3.